The topological polar surface area (TPSA) is 46.5 Å². The number of carboxylic acid groups (broad SMARTS) is 1. The van der Waals surface area contributed by atoms with Crippen molar-refractivity contribution in [3.05, 3.63) is 0 Å². The van der Waals surface area contributed by atoms with Gasteiger partial charge in [-0.2, -0.15) is 0 Å². The Morgan fingerprint density at radius 2 is 1.86 bits per heavy atom. The summed E-state index contributed by atoms with van der Waals surface area (Å²) in [6.07, 6.45) is 5.18. The Morgan fingerprint density at radius 1 is 1.21 bits per heavy atom. The van der Waals surface area contributed by atoms with E-state index in [1.54, 1.807) is 0 Å². The van der Waals surface area contributed by atoms with Crippen molar-refractivity contribution in [3.63, 3.8) is 0 Å². The molecule has 0 aliphatic rings. The Hall–Kier alpha value is -0.570. The van der Waals surface area contributed by atoms with Crippen molar-refractivity contribution in [1.29, 1.82) is 0 Å². The second-order valence-corrected chi connectivity index (χ2v) is 3.55. The lowest BCUT2D eigenvalue weighted by Gasteiger charge is -2.12. The molecule has 0 rings (SSSR count). The molecule has 0 aromatic carbocycles. The van der Waals surface area contributed by atoms with Gasteiger partial charge in [-0.05, 0) is 12.8 Å². The van der Waals surface area contributed by atoms with Gasteiger partial charge in [0, 0.05) is 6.61 Å². The lowest BCUT2D eigenvalue weighted by atomic mass is 10.1. The molecule has 0 aliphatic heterocycles. The molecule has 0 radical (unpaired) electrons. The Kier molecular flexibility index (Phi) is 8.64. The Bertz CT molecular complexity index is 135. The summed E-state index contributed by atoms with van der Waals surface area (Å²) in [5, 5.41) is 8.85. The molecule has 0 aromatic rings. The van der Waals surface area contributed by atoms with E-state index in [9.17, 15) is 4.79 Å². The summed E-state index contributed by atoms with van der Waals surface area (Å²) in [6, 6.07) is 0. The van der Waals surface area contributed by atoms with E-state index in [1.165, 1.54) is 0 Å². The number of rotatable bonds is 9. The second kappa shape index (κ2) is 9.00. The van der Waals surface area contributed by atoms with E-state index in [0.29, 0.717) is 13.0 Å². The summed E-state index contributed by atoms with van der Waals surface area (Å²) in [5.74, 6) is -0.822. The number of aliphatic carboxylic acids is 1. The van der Waals surface area contributed by atoms with Crippen LogP contribution in [0.4, 0.5) is 0 Å². The molecule has 1 unspecified atom stereocenters. The van der Waals surface area contributed by atoms with Gasteiger partial charge >= 0.3 is 5.97 Å². The molecule has 0 fully saturated rings. The summed E-state index contributed by atoms with van der Waals surface area (Å²) in [5.41, 5.74) is 0. The highest BCUT2D eigenvalue weighted by atomic mass is 16.5. The van der Waals surface area contributed by atoms with Crippen LogP contribution in [0.3, 0.4) is 0 Å². The molecule has 3 nitrogen and oxygen atoms in total. The SMILES string of the molecule is CCCCCC(OCCCC)C(=O)O. The molecule has 0 spiro atoms. The number of carboxylic acids is 1. The van der Waals surface area contributed by atoms with Crippen LogP contribution in [0.15, 0.2) is 0 Å². The summed E-state index contributed by atoms with van der Waals surface area (Å²) in [7, 11) is 0. The number of hydrogen-bond acceptors (Lipinski definition) is 2. The van der Waals surface area contributed by atoms with Crippen LogP contribution < -0.4 is 0 Å². The third-order valence-corrected chi connectivity index (χ3v) is 2.16. The van der Waals surface area contributed by atoms with E-state index < -0.39 is 12.1 Å². The van der Waals surface area contributed by atoms with Crippen molar-refractivity contribution in [2.75, 3.05) is 6.61 Å². The maximum absolute atomic E-state index is 10.8. The summed E-state index contributed by atoms with van der Waals surface area (Å²) in [6.45, 7) is 4.74. The minimum Gasteiger partial charge on any atom is -0.479 e. The van der Waals surface area contributed by atoms with Crippen LogP contribution in [0.1, 0.15) is 52.4 Å². The molecule has 84 valence electrons. The van der Waals surface area contributed by atoms with E-state index in [4.69, 9.17) is 9.84 Å². The number of unbranched alkanes of at least 4 members (excludes halogenated alkanes) is 3. The van der Waals surface area contributed by atoms with Gasteiger partial charge in [-0.15, -0.1) is 0 Å². The van der Waals surface area contributed by atoms with Gasteiger partial charge in [-0.25, -0.2) is 4.79 Å². The van der Waals surface area contributed by atoms with Gasteiger partial charge in [0.1, 0.15) is 0 Å². The third-order valence-electron chi connectivity index (χ3n) is 2.16. The fraction of sp³-hybridized carbons (Fsp3) is 0.909. The van der Waals surface area contributed by atoms with Crippen LogP contribution in [0.2, 0.25) is 0 Å². The van der Waals surface area contributed by atoms with E-state index >= 15 is 0 Å². The third kappa shape index (κ3) is 6.89. The first-order valence-corrected chi connectivity index (χ1v) is 5.56. The molecule has 0 aliphatic carbocycles. The number of hydrogen-bond donors (Lipinski definition) is 1. The Balaban J connectivity index is 3.61. The Labute approximate surface area is 86.5 Å². The fourth-order valence-corrected chi connectivity index (χ4v) is 1.23. The zero-order valence-corrected chi connectivity index (χ0v) is 9.29. The van der Waals surface area contributed by atoms with Gasteiger partial charge in [-0.1, -0.05) is 39.5 Å². The van der Waals surface area contributed by atoms with Crippen molar-refractivity contribution in [3.8, 4) is 0 Å². The van der Waals surface area contributed by atoms with E-state index in [2.05, 4.69) is 13.8 Å². The highest BCUT2D eigenvalue weighted by molar-refractivity contribution is 5.72. The van der Waals surface area contributed by atoms with Crippen LogP contribution in [0, 0.1) is 0 Å². The van der Waals surface area contributed by atoms with E-state index in [1.807, 2.05) is 0 Å². The second-order valence-electron chi connectivity index (χ2n) is 3.55. The molecule has 0 saturated heterocycles. The first kappa shape index (κ1) is 13.4. The number of carbonyl (C=O) groups is 1. The smallest absolute Gasteiger partial charge is 0.332 e. The molecule has 0 bridgehead atoms. The van der Waals surface area contributed by atoms with Crippen molar-refractivity contribution in [2.45, 2.75) is 58.5 Å². The van der Waals surface area contributed by atoms with Crippen LogP contribution >= 0.6 is 0 Å². The van der Waals surface area contributed by atoms with Gasteiger partial charge in [0.2, 0.25) is 0 Å². The highest BCUT2D eigenvalue weighted by Crippen LogP contribution is 2.07. The van der Waals surface area contributed by atoms with Gasteiger partial charge in [-0.3, -0.25) is 0 Å². The standard InChI is InChI=1S/C11H22O3/c1-3-5-7-8-10(11(12)13)14-9-6-4-2/h10H,3-9H2,1-2H3,(H,12,13). The van der Waals surface area contributed by atoms with Gasteiger partial charge in [0.05, 0.1) is 0 Å². The van der Waals surface area contributed by atoms with Crippen molar-refractivity contribution >= 4 is 5.97 Å². The molecule has 0 aromatic heterocycles. The van der Waals surface area contributed by atoms with Gasteiger partial charge in [0.25, 0.3) is 0 Å². The Morgan fingerprint density at radius 3 is 2.36 bits per heavy atom. The predicted molar refractivity (Wildman–Crippen MR) is 56.4 cm³/mol. The van der Waals surface area contributed by atoms with Gasteiger partial charge < -0.3 is 9.84 Å². The summed E-state index contributed by atoms with van der Waals surface area (Å²) < 4.78 is 5.29. The first-order chi connectivity index (χ1) is 6.72. The molecular weight excluding hydrogens is 180 g/mol. The molecule has 14 heavy (non-hydrogen) atoms. The zero-order valence-electron chi connectivity index (χ0n) is 9.29. The highest BCUT2D eigenvalue weighted by Gasteiger charge is 2.16. The van der Waals surface area contributed by atoms with Crippen LogP contribution in [0.25, 0.3) is 0 Å². The van der Waals surface area contributed by atoms with Crippen LogP contribution in [-0.4, -0.2) is 23.8 Å². The van der Waals surface area contributed by atoms with Crippen LogP contribution in [-0.2, 0) is 9.53 Å². The first-order valence-electron chi connectivity index (χ1n) is 5.56. The quantitative estimate of drug-likeness (QED) is 0.585. The van der Waals surface area contributed by atoms with Gasteiger partial charge in [0.15, 0.2) is 6.10 Å². The van der Waals surface area contributed by atoms with Crippen LogP contribution in [0.5, 0.6) is 0 Å². The molecule has 0 saturated carbocycles. The maximum atomic E-state index is 10.8. The molecule has 1 N–H and O–H groups in total. The molecule has 3 heteroatoms. The summed E-state index contributed by atoms with van der Waals surface area (Å²) >= 11 is 0. The molecule has 0 heterocycles. The molecule has 1 atom stereocenters. The summed E-state index contributed by atoms with van der Waals surface area (Å²) in [4.78, 5) is 10.8. The van der Waals surface area contributed by atoms with Crippen molar-refractivity contribution in [2.24, 2.45) is 0 Å². The monoisotopic (exact) mass is 202 g/mol. The number of ether oxygens (including phenoxy) is 1. The molecule has 0 amide bonds. The lowest BCUT2D eigenvalue weighted by Crippen LogP contribution is -2.24. The molecular formula is C11H22O3. The average molecular weight is 202 g/mol. The minimum absolute atomic E-state index is 0.569. The average Bonchev–Trinajstić information content (AvgIpc) is 2.15. The lowest BCUT2D eigenvalue weighted by molar-refractivity contribution is -0.151. The maximum Gasteiger partial charge on any atom is 0.332 e. The van der Waals surface area contributed by atoms with E-state index in [-0.39, 0.29) is 0 Å². The fourth-order valence-electron chi connectivity index (χ4n) is 1.23. The zero-order chi connectivity index (χ0) is 10.8. The van der Waals surface area contributed by atoms with Crippen molar-refractivity contribution in [1.82, 2.24) is 0 Å². The predicted octanol–water partition coefficient (Wildman–Crippen LogP) is 2.84. The van der Waals surface area contributed by atoms with E-state index in [0.717, 1.165) is 32.1 Å². The minimum atomic E-state index is -0.822. The normalized spacial score (nSPS) is 12.7. The largest absolute Gasteiger partial charge is 0.479 e. The van der Waals surface area contributed by atoms with Crippen molar-refractivity contribution < 1.29 is 14.6 Å².